The summed E-state index contributed by atoms with van der Waals surface area (Å²) in [5, 5.41) is 0.613. The third-order valence-electron chi connectivity index (χ3n) is 2.18. The summed E-state index contributed by atoms with van der Waals surface area (Å²) < 4.78 is 13.3. The summed E-state index contributed by atoms with van der Waals surface area (Å²) in [6.45, 7) is 2.04. The van der Waals surface area contributed by atoms with Crippen molar-refractivity contribution in [3.05, 3.63) is 41.8 Å². The van der Waals surface area contributed by atoms with Crippen molar-refractivity contribution in [3.8, 4) is 0 Å². The fraction of sp³-hybridized carbons (Fsp3) is 0.182. The summed E-state index contributed by atoms with van der Waals surface area (Å²) in [4.78, 5) is 4.17. The first-order valence-electron chi connectivity index (χ1n) is 4.35. The molecule has 1 aromatic heterocycles. The number of benzene rings is 1. The van der Waals surface area contributed by atoms with Crippen LogP contribution < -0.4 is 0 Å². The smallest absolute Gasteiger partial charge is 0.132 e. The fourth-order valence-electron chi connectivity index (χ4n) is 1.48. The second-order valence-electron chi connectivity index (χ2n) is 2.96. The molecule has 0 saturated carbocycles. The molecule has 0 aliphatic rings. The Morgan fingerprint density at radius 1 is 1.31 bits per heavy atom. The van der Waals surface area contributed by atoms with Crippen molar-refractivity contribution >= 4 is 10.9 Å². The molecule has 0 aliphatic carbocycles. The maximum atomic E-state index is 13.3. The van der Waals surface area contributed by atoms with Crippen LogP contribution in [0.4, 0.5) is 4.39 Å². The third kappa shape index (κ3) is 1.28. The van der Waals surface area contributed by atoms with Gasteiger partial charge >= 0.3 is 0 Å². The first kappa shape index (κ1) is 8.17. The van der Waals surface area contributed by atoms with Crippen molar-refractivity contribution in [3.63, 3.8) is 0 Å². The number of hydrogen-bond acceptors (Lipinski definition) is 1. The number of halogens is 1. The van der Waals surface area contributed by atoms with E-state index >= 15 is 0 Å². The van der Waals surface area contributed by atoms with Gasteiger partial charge < -0.3 is 0 Å². The zero-order valence-corrected chi connectivity index (χ0v) is 7.42. The van der Waals surface area contributed by atoms with Gasteiger partial charge in [0, 0.05) is 11.6 Å². The summed E-state index contributed by atoms with van der Waals surface area (Å²) in [5.74, 6) is -0.194. The van der Waals surface area contributed by atoms with E-state index in [2.05, 4.69) is 4.98 Å². The van der Waals surface area contributed by atoms with Gasteiger partial charge in [0.1, 0.15) is 5.82 Å². The quantitative estimate of drug-likeness (QED) is 0.649. The van der Waals surface area contributed by atoms with Crippen LogP contribution in [0.3, 0.4) is 0 Å². The monoisotopic (exact) mass is 175 g/mol. The highest BCUT2D eigenvalue weighted by Crippen LogP contribution is 2.19. The minimum atomic E-state index is -0.194. The molecule has 0 atom stereocenters. The van der Waals surface area contributed by atoms with Crippen LogP contribution in [-0.4, -0.2) is 4.98 Å². The lowest BCUT2D eigenvalue weighted by molar-refractivity contribution is 0.639. The number of pyridine rings is 1. The largest absolute Gasteiger partial charge is 0.256 e. The minimum Gasteiger partial charge on any atom is -0.256 e. The Balaban J connectivity index is 2.84. The van der Waals surface area contributed by atoms with Crippen LogP contribution in [-0.2, 0) is 6.42 Å². The second-order valence-corrected chi connectivity index (χ2v) is 2.96. The van der Waals surface area contributed by atoms with E-state index in [1.165, 1.54) is 6.07 Å². The molecule has 1 aromatic carbocycles. The van der Waals surface area contributed by atoms with Gasteiger partial charge in [-0.25, -0.2) is 4.39 Å². The Hall–Kier alpha value is -1.44. The number of rotatable bonds is 1. The standard InChI is InChI=1S/C11H10FN/c1-2-8-5-6-10(12)9-4-3-7-13-11(8)9/h3-7H,2H2,1H3. The van der Waals surface area contributed by atoms with Crippen molar-refractivity contribution in [1.82, 2.24) is 4.98 Å². The summed E-state index contributed by atoms with van der Waals surface area (Å²) in [6.07, 6.45) is 2.58. The average molecular weight is 175 g/mol. The number of hydrogen-bond donors (Lipinski definition) is 0. The SMILES string of the molecule is CCc1ccc(F)c2cccnc12. The van der Waals surface area contributed by atoms with Crippen molar-refractivity contribution in [2.75, 3.05) is 0 Å². The molecule has 0 amide bonds. The van der Waals surface area contributed by atoms with Gasteiger partial charge in [0.15, 0.2) is 0 Å². The molecule has 0 spiro atoms. The summed E-state index contributed by atoms with van der Waals surface area (Å²) >= 11 is 0. The van der Waals surface area contributed by atoms with Crippen LogP contribution in [0.15, 0.2) is 30.5 Å². The zero-order chi connectivity index (χ0) is 9.26. The van der Waals surface area contributed by atoms with Gasteiger partial charge in [-0.1, -0.05) is 13.0 Å². The molecule has 0 aliphatic heterocycles. The van der Waals surface area contributed by atoms with Crippen LogP contribution in [0.2, 0.25) is 0 Å². The van der Waals surface area contributed by atoms with Crippen molar-refractivity contribution in [1.29, 1.82) is 0 Å². The molecule has 1 heterocycles. The number of fused-ring (bicyclic) bond motifs is 1. The van der Waals surface area contributed by atoms with Crippen LogP contribution in [0, 0.1) is 5.82 Å². The number of aryl methyl sites for hydroxylation is 1. The second kappa shape index (κ2) is 3.13. The van der Waals surface area contributed by atoms with Gasteiger partial charge in [0.2, 0.25) is 0 Å². The third-order valence-corrected chi connectivity index (χ3v) is 2.18. The maximum Gasteiger partial charge on any atom is 0.132 e. The van der Waals surface area contributed by atoms with E-state index < -0.39 is 0 Å². The Morgan fingerprint density at radius 2 is 2.15 bits per heavy atom. The highest BCUT2D eigenvalue weighted by Gasteiger charge is 2.03. The van der Waals surface area contributed by atoms with Crippen LogP contribution >= 0.6 is 0 Å². The molecule has 66 valence electrons. The van der Waals surface area contributed by atoms with Gasteiger partial charge in [-0.05, 0) is 30.2 Å². The average Bonchev–Trinajstić information content (AvgIpc) is 2.19. The van der Waals surface area contributed by atoms with E-state index in [4.69, 9.17) is 0 Å². The molecular formula is C11H10FN. The number of aromatic nitrogens is 1. The molecule has 2 heteroatoms. The normalized spacial score (nSPS) is 10.6. The molecule has 2 rings (SSSR count). The summed E-state index contributed by atoms with van der Waals surface area (Å²) in [7, 11) is 0. The van der Waals surface area contributed by atoms with E-state index in [0.717, 1.165) is 17.5 Å². The van der Waals surface area contributed by atoms with Crippen LogP contribution in [0.5, 0.6) is 0 Å². The van der Waals surface area contributed by atoms with E-state index in [1.54, 1.807) is 24.4 Å². The van der Waals surface area contributed by atoms with Gasteiger partial charge in [0.25, 0.3) is 0 Å². The Kier molecular flexibility index (Phi) is 1.97. The van der Waals surface area contributed by atoms with Gasteiger partial charge in [-0.15, -0.1) is 0 Å². The maximum absolute atomic E-state index is 13.3. The predicted molar refractivity (Wildman–Crippen MR) is 51.1 cm³/mol. The lowest BCUT2D eigenvalue weighted by atomic mass is 10.1. The topological polar surface area (TPSA) is 12.9 Å². The molecular weight excluding hydrogens is 165 g/mol. The lowest BCUT2D eigenvalue weighted by Gasteiger charge is -2.02. The molecule has 13 heavy (non-hydrogen) atoms. The highest BCUT2D eigenvalue weighted by molar-refractivity contribution is 5.82. The van der Waals surface area contributed by atoms with E-state index in [0.29, 0.717) is 5.39 Å². The number of nitrogens with zero attached hydrogens (tertiary/aromatic N) is 1. The van der Waals surface area contributed by atoms with Gasteiger partial charge in [-0.2, -0.15) is 0 Å². The van der Waals surface area contributed by atoms with Crippen LogP contribution in [0.1, 0.15) is 12.5 Å². The molecule has 2 aromatic rings. The first-order chi connectivity index (χ1) is 6.33. The van der Waals surface area contributed by atoms with Crippen molar-refractivity contribution in [2.24, 2.45) is 0 Å². The minimum absolute atomic E-state index is 0.194. The van der Waals surface area contributed by atoms with Gasteiger partial charge in [-0.3, -0.25) is 4.98 Å². The molecule has 0 radical (unpaired) electrons. The summed E-state index contributed by atoms with van der Waals surface area (Å²) in [5.41, 5.74) is 1.88. The Bertz CT molecular complexity index is 437. The highest BCUT2D eigenvalue weighted by atomic mass is 19.1. The summed E-state index contributed by atoms with van der Waals surface area (Å²) in [6, 6.07) is 6.81. The van der Waals surface area contributed by atoms with Crippen LogP contribution in [0.25, 0.3) is 10.9 Å². The first-order valence-corrected chi connectivity index (χ1v) is 4.35. The van der Waals surface area contributed by atoms with Gasteiger partial charge in [0.05, 0.1) is 5.52 Å². The van der Waals surface area contributed by atoms with Crippen molar-refractivity contribution < 1.29 is 4.39 Å². The Morgan fingerprint density at radius 3 is 2.92 bits per heavy atom. The molecule has 0 bridgehead atoms. The molecule has 0 fully saturated rings. The molecule has 1 nitrogen and oxygen atoms in total. The Labute approximate surface area is 76.2 Å². The van der Waals surface area contributed by atoms with E-state index in [1.807, 2.05) is 6.92 Å². The molecule has 0 N–H and O–H groups in total. The lowest BCUT2D eigenvalue weighted by Crippen LogP contribution is -1.89. The molecule has 0 saturated heterocycles. The van der Waals surface area contributed by atoms with E-state index in [9.17, 15) is 4.39 Å². The van der Waals surface area contributed by atoms with E-state index in [-0.39, 0.29) is 5.82 Å². The fourth-order valence-corrected chi connectivity index (χ4v) is 1.48. The zero-order valence-electron chi connectivity index (χ0n) is 7.42. The molecule has 0 unspecified atom stereocenters. The predicted octanol–water partition coefficient (Wildman–Crippen LogP) is 2.94. The van der Waals surface area contributed by atoms with Crippen molar-refractivity contribution in [2.45, 2.75) is 13.3 Å².